The van der Waals surface area contributed by atoms with Gasteiger partial charge in [-0.1, -0.05) is 18.7 Å². The minimum absolute atomic E-state index is 1.08. The molecule has 0 amide bonds. The average Bonchev–Trinajstić information content (AvgIpc) is 2.52. The van der Waals surface area contributed by atoms with Gasteiger partial charge in [-0.2, -0.15) is 0 Å². The first-order chi connectivity index (χ1) is 5.36. The number of rotatable bonds is 0. The summed E-state index contributed by atoms with van der Waals surface area (Å²) in [7, 11) is 2.49. The van der Waals surface area contributed by atoms with Crippen molar-refractivity contribution in [2.45, 2.75) is 37.9 Å². The lowest BCUT2D eigenvalue weighted by Gasteiger charge is -2.29. The molecule has 2 bridgehead atoms. The van der Waals surface area contributed by atoms with Gasteiger partial charge in [0.1, 0.15) is 7.85 Å². The summed E-state index contributed by atoms with van der Waals surface area (Å²) in [6.07, 6.45) is 7.89. The van der Waals surface area contributed by atoms with Crippen LogP contribution < -0.4 is 0 Å². The van der Waals surface area contributed by atoms with E-state index in [1.54, 1.807) is 32.1 Å². The topological polar surface area (TPSA) is 0 Å². The lowest BCUT2D eigenvalue weighted by molar-refractivity contribution is 0.260. The molecule has 0 saturated heterocycles. The molecule has 0 radical (unpaired) electrons. The zero-order valence-corrected chi connectivity index (χ0v) is 7.42. The van der Waals surface area contributed by atoms with Gasteiger partial charge in [-0.05, 0) is 42.9 Å². The normalized spacial score (nSPS) is 60.2. The third kappa shape index (κ3) is 0.724. The maximum absolute atomic E-state index is 2.49. The van der Waals surface area contributed by atoms with Crippen LogP contribution in [0.2, 0.25) is 5.82 Å². The zero-order valence-electron chi connectivity index (χ0n) is 7.42. The molecule has 3 aliphatic rings. The molecule has 0 aliphatic heterocycles. The van der Waals surface area contributed by atoms with E-state index in [9.17, 15) is 0 Å². The molecule has 0 aromatic heterocycles. The molecule has 0 N–H and O–H groups in total. The predicted octanol–water partition coefficient (Wildman–Crippen LogP) is 1.86. The summed E-state index contributed by atoms with van der Waals surface area (Å²) in [5.74, 6) is 5.79. The first-order valence-corrected chi connectivity index (χ1v) is 5.36. The molecule has 3 saturated carbocycles. The van der Waals surface area contributed by atoms with Gasteiger partial charge in [0.05, 0.1) is 0 Å². The highest BCUT2D eigenvalue weighted by Gasteiger charge is 2.51. The third-order valence-corrected chi connectivity index (χ3v) is 4.76. The maximum Gasteiger partial charge on any atom is 0.105 e. The molecule has 0 aromatic rings. The Hall–Kier alpha value is 0.0649. The van der Waals surface area contributed by atoms with Crippen LogP contribution in [-0.2, 0) is 0 Å². The van der Waals surface area contributed by atoms with E-state index in [2.05, 4.69) is 7.85 Å². The fourth-order valence-corrected chi connectivity index (χ4v) is 4.41. The summed E-state index contributed by atoms with van der Waals surface area (Å²) in [5, 5.41) is 0. The molecule has 0 nitrogen and oxygen atoms in total. The van der Waals surface area contributed by atoms with Crippen molar-refractivity contribution in [3.8, 4) is 0 Å². The third-order valence-electron chi connectivity index (χ3n) is 4.76. The van der Waals surface area contributed by atoms with E-state index in [0.29, 0.717) is 0 Å². The highest BCUT2D eigenvalue weighted by atomic mass is 14.6. The lowest BCUT2D eigenvalue weighted by Crippen LogP contribution is -2.20. The van der Waals surface area contributed by atoms with Crippen molar-refractivity contribution in [1.82, 2.24) is 0 Å². The minimum Gasteiger partial charge on any atom is -0.0664 e. The Kier molecular flexibility index (Phi) is 1.23. The quantitative estimate of drug-likeness (QED) is 0.460. The number of hydrogen-bond acceptors (Lipinski definition) is 0. The van der Waals surface area contributed by atoms with Crippen LogP contribution in [0.15, 0.2) is 0 Å². The lowest BCUT2D eigenvalue weighted by atomic mass is 9.67. The molecular formula is C10H17B. The first kappa shape index (κ1) is 6.57. The second kappa shape index (κ2) is 2.05. The standard InChI is InChI=1S/C10H17B/c11-10-5-6-4-9(10)8-3-1-2-7(6)8/h6-10H,1-5,11H2. The number of hydrogen-bond donors (Lipinski definition) is 0. The molecule has 5 unspecified atom stereocenters. The van der Waals surface area contributed by atoms with Crippen LogP contribution in [0.4, 0.5) is 0 Å². The molecule has 3 aliphatic carbocycles. The van der Waals surface area contributed by atoms with Crippen molar-refractivity contribution in [2.75, 3.05) is 0 Å². The summed E-state index contributed by atoms with van der Waals surface area (Å²) < 4.78 is 0. The zero-order chi connectivity index (χ0) is 7.42. The summed E-state index contributed by atoms with van der Waals surface area (Å²) in [4.78, 5) is 0. The Bertz CT molecular complexity index is 178. The summed E-state index contributed by atoms with van der Waals surface area (Å²) in [6.45, 7) is 0. The van der Waals surface area contributed by atoms with Gasteiger partial charge in [0, 0.05) is 0 Å². The molecule has 3 rings (SSSR count). The van der Waals surface area contributed by atoms with E-state index in [4.69, 9.17) is 0 Å². The van der Waals surface area contributed by atoms with Gasteiger partial charge in [0.2, 0.25) is 0 Å². The van der Waals surface area contributed by atoms with Gasteiger partial charge in [0.25, 0.3) is 0 Å². The van der Waals surface area contributed by atoms with Crippen molar-refractivity contribution in [3.63, 3.8) is 0 Å². The molecule has 0 heterocycles. The van der Waals surface area contributed by atoms with Crippen LogP contribution in [0.5, 0.6) is 0 Å². The Morgan fingerprint density at radius 3 is 2.64 bits per heavy atom. The highest BCUT2D eigenvalue weighted by Crippen LogP contribution is 2.62. The van der Waals surface area contributed by atoms with Crippen molar-refractivity contribution < 1.29 is 0 Å². The monoisotopic (exact) mass is 148 g/mol. The maximum atomic E-state index is 2.49. The van der Waals surface area contributed by atoms with Crippen LogP contribution in [0, 0.1) is 23.7 Å². The van der Waals surface area contributed by atoms with E-state index in [1.807, 2.05) is 0 Å². The first-order valence-electron chi connectivity index (χ1n) is 5.36. The Balaban J connectivity index is 1.90. The molecule has 11 heavy (non-hydrogen) atoms. The molecular weight excluding hydrogens is 131 g/mol. The van der Waals surface area contributed by atoms with Crippen LogP contribution in [0.25, 0.3) is 0 Å². The van der Waals surface area contributed by atoms with E-state index in [0.717, 1.165) is 11.7 Å². The second-order valence-corrected chi connectivity index (χ2v) is 5.13. The van der Waals surface area contributed by atoms with Crippen LogP contribution in [-0.4, -0.2) is 7.85 Å². The highest BCUT2D eigenvalue weighted by molar-refractivity contribution is 6.12. The van der Waals surface area contributed by atoms with Crippen LogP contribution >= 0.6 is 0 Å². The second-order valence-electron chi connectivity index (χ2n) is 5.13. The molecule has 5 atom stereocenters. The fraction of sp³-hybridized carbons (Fsp3) is 1.00. The average molecular weight is 148 g/mol. The van der Waals surface area contributed by atoms with Gasteiger partial charge in [0.15, 0.2) is 0 Å². The molecule has 1 heteroatoms. The fourth-order valence-electron chi connectivity index (χ4n) is 4.41. The Morgan fingerprint density at radius 2 is 1.73 bits per heavy atom. The van der Waals surface area contributed by atoms with Crippen LogP contribution in [0.1, 0.15) is 32.1 Å². The largest absolute Gasteiger partial charge is 0.105 e. The van der Waals surface area contributed by atoms with E-state index < -0.39 is 0 Å². The van der Waals surface area contributed by atoms with E-state index in [1.165, 1.54) is 17.8 Å². The summed E-state index contributed by atoms with van der Waals surface area (Å²) in [6, 6.07) is 0. The van der Waals surface area contributed by atoms with E-state index in [-0.39, 0.29) is 0 Å². The van der Waals surface area contributed by atoms with Crippen LogP contribution in [0.3, 0.4) is 0 Å². The van der Waals surface area contributed by atoms with Crippen molar-refractivity contribution in [2.24, 2.45) is 23.7 Å². The number of fused-ring (bicyclic) bond motifs is 5. The van der Waals surface area contributed by atoms with Gasteiger partial charge in [-0.25, -0.2) is 0 Å². The summed E-state index contributed by atoms with van der Waals surface area (Å²) in [5.41, 5.74) is 0. The van der Waals surface area contributed by atoms with Gasteiger partial charge >= 0.3 is 0 Å². The Morgan fingerprint density at radius 1 is 0.909 bits per heavy atom. The smallest absolute Gasteiger partial charge is 0.0664 e. The molecule has 0 spiro atoms. The summed E-state index contributed by atoms with van der Waals surface area (Å²) >= 11 is 0. The minimum atomic E-state index is 1.08. The SMILES string of the molecule is BC1CC2CC1C1CCCC21. The van der Waals surface area contributed by atoms with Gasteiger partial charge in [-0.15, -0.1) is 0 Å². The molecule has 60 valence electrons. The van der Waals surface area contributed by atoms with E-state index >= 15 is 0 Å². The van der Waals surface area contributed by atoms with Crippen molar-refractivity contribution >= 4 is 7.85 Å². The Labute approximate surface area is 70.2 Å². The van der Waals surface area contributed by atoms with Crippen molar-refractivity contribution in [3.05, 3.63) is 0 Å². The van der Waals surface area contributed by atoms with Gasteiger partial charge in [-0.3, -0.25) is 0 Å². The van der Waals surface area contributed by atoms with Gasteiger partial charge < -0.3 is 0 Å². The predicted molar refractivity (Wildman–Crippen MR) is 49.3 cm³/mol. The molecule has 3 fully saturated rings. The van der Waals surface area contributed by atoms with Crippen molar-refractivity contribution in [1.29, 1.82) is 0 Å². The molecule has 0 aromatic carbocycles.